The molecule has 1 unspecified atom stereocenters. The second-order valence-electron chi connectivity index (χ2n) is 7.43. The van der Waals surface area contributed by atoms with Gasteiger partial charge in [0.1, 0.15) is 6.04 Å². The fourth-order valence-corrected chi connectivity index (χ4v) is 3.17. The number of aromatic nitrogens is 2. The number of hydrogen-bond acceptors (Lipinski definition) is 4. The summed E-state index contributed by atoms with van der Waals surface area (Å²) in [5.41, 5.74) is 0.496. The fourth-order valence-electron chi connectivity index (χ4n) is 3.17. The van der Waals surface area contributed by atoms with E-state index >= 15 is 0 Å². The third kappa shape index (κ3) is 5.04. The Labute approximate surface area is 150 Å². The van der Waals surface area contributed by atoms with Gasteiger partial charge in [-0.05, 0) is 39.8 Å². The maximum absolute atomic E-state index is 12.9. The first-order valence-corrected chi connectivity index (χ1v) is 9.10. The predicted molar refractivity (Wildman–Crippen MR) is 97.3 cm³/mol. The maximum atomic E-state index is 12.9. The second-order valence-corrected chi connectivity index (χ2v) is 7.43. The van der Waals surface area contributed by atoms with Crippen LogP contribution in [0.2, 0.25) is 0 Å². The number of likely N-dealkylation sites (tertiary alicyclic amines) is 1. The molecule has 0 bridgehead atoms. The van der Waals surface area contributed by atoms with Gasteiger partial charge < -0.3 is 15.1 Å². The summed E-state index contributed by atoms with van der Waals surface area (Å²) in [6, 6.07) is -0.0967. The van der Waals surface area contributed by atoms with Crippen molar-refractivity contribution in [1.82, 2.24) is 24.9 Å². The van der Waals surface area contributed by atoms with Gasteiger partial charge in [-0.1, -0.05) is 13.8 Å². The Balaban J connectivity index is 2.05. The largest absolute Gasteiger partial charge is 0.340 e. The van der Waals surface area contributed by atoms with Crippen molar-refractivity contribution in [2.45, 2.75) is 52.2 Å². The zero-order valence-electron chi connectivity index (χ0n) is 16.0. The topological polar surface area (TPSA) is 70.5 Å². The van der Waals surface area contributed by atoms with Crippen molar-refractivity contribution in [3.8, 4) is 0 Å². The number of hydrogen-bond donors (Lipinski definition) is 1. The smallest absolute Gasteiger partial charge is 0.255 e. The number of aryl methyl sites for hydroxylation is 1. The van der Waals surface area contributed by atoms with Crippen LogP contribution in [0.25, 0.3) is 0 Å². The van der Waals surface area contributed by atoms with Crippen LogP contribution >= 0.6 is 0 Å². The van der Waals surface area contributed by atoms with Gasteiger partial charge in [0, 0.05) is 31.9 Å². The molecule has 0 aromatic carbocycles. The van der Waals surface area contributed by atoms with Crippen molar-refractivity contribution in [3.05, 3.63) is 18.0 Å². The van der Waals surface area contributed by atoms with Gasteiger partial charge in [-0.25, -0.2) is 0 Å². The van der Waals surface area contributed by atoms with Gasteiger partial charge in [-0.15, -0.1) is 0 Å². The summed E-state index contributed by atoms with van der Waals surface area (Å²) in [5, 5.41) is 7.06. The molecule has 1 fully saturated rings. The highest BCUT2D eigenvalue weighted by Gasteiger charge is 2.33. The SMILES string of the molecule is CCn1cc(C(=O)N[C@@H](CC(C)C)C(=O)N2CCC(N(C)C)C2)cn1. The number of amides is 2. The van der Waals surface area contributed by atoms with E-state index in [1.165, 1.54) is 0 Å². The zero-order valence-corrected chi connectivity index (χ0v) is 16.0. The Hall–Kier alpha value is -1.89. The number of carbonyl (C=O) groups excluding carboxylic acids is 2. The summed E-state index contributed by atoms with van der Waals surface area (Å²) >= 11 is 0. The van der Waals surface area contributed by atoms with Gasteiger partial charge in [-0.2, -0.15) is 5.10 Å². The van der Waals surface area contributed by atoms with Gasteiger partial charge in [-0.3, -0.25) is 14.3 Å². The molecule has 2 atom stereocenters. The van der Waals surface area contributed by atoms with E-state index in [4.69, 9.17) is 0 Å². The quantitative estimate of drug-likeness (QED) is 0.803. The van der Waals surface area contributed by atoms with Crippen LogP contribution in [0.15, 0.2) is 12.4 Å². The molecule has 0 aliphatic carbocycles. The molecule has 1 aromatic heterocycles. The van der Waals surface area contributed by atoms with E-state index in [0.29, 0.717) is 30.5 Å². The number of rotatable bonds is 7. The predicted octanol–water partition coefficient (Wildman–Crippen LogP) is 1.21. The number of nitrogens with one attached hydrogen (secondary N) is 1. The van der Waals surface area contributed by atoms with Crippen molar-refractivity contribution < 1.29 is 9.59 Å². The molecule has 1 N–H and O–H groups in total. The second kappa shape index (κ2) is 8.47. The number of carbonyl (C=O) groups is 2. The lowest BCUT2D eigenvalue weighted by Crippen LogP contribution is -2.49. The van der Waals surface area contributed by atoms with E-state index in [-0.39, 0.29) is 11.8 Å². The molecule has 0 spiro atoms. The molecule has 7 heteroatoms. The molecule has 1 aliphatic heterocycles. The standard InChI is InChI=1S/C18H31N5O2/c1-6-23-11-14(10-19-23)17(24)20-16(9-13(2)3)18(25)22-8-7-15(12-22)21(4)5/h10-11,13,15-16H,6-9,12H2,1-5H3,(H,20,24)/t15?,16-/m0/s1. The average molecular weight is 349 g/mol. The van der Waals surface area contributed by atoms with Crippen LogP contribution in [0.3, 0.4) is 0 Å². The summed E-state index contributed by atoms with van der Waals surface area (Å²) in [6.07, 6.45) is 4.87. The first-order valence-electron chi connectivity index (χ1n) is 9.10. The van der Waals surface area contributed by atoms with Crippen LogP contribution in [0.5, 0.6) is 0 Å². The van der Waals surface area contributed by atoms with Crippen LogP contribution in [0.1, 0.15) is 44.0 Å². The van der Waals surface area contributed by atoms with E-state index < -0.39 is 6.04 Å². The summed E-state index contributed by atoms with van der Waals surface area (Å²) < 4.78 is 1.70. The minimum Gasteiger partial charge on any atom is -0.340 e. The van der Waals surface area contributed by atoms with Crippen LogP contribution in [0, 0.1) is 5.92 Å². The normalized spacial score (nSPS) is 18.8. The molecule has 0 radical (unpaired) electrons. The van der Waals surface area contributed by atoms with E-state index in [1.807, 2.05) is 25.9 Å². The molecule has 2 amide bonds. The summed E-state index contributed by atoms with van der Waals surface area (Å²) in [5.74, 6) is 0.108. The summed E-state index contributed by atoms with van der Waals surface area (Å²) in [6.45, 7) is 8.28. The Morgan fingerprint density at radius 2 is 2.12 bits per heavy atom. The van der Waals surface area contributed by atoms with Gasteiger partial charge in [0.15, 0.2) is 0 Å². The van der Waals surface area contributed by atoms with Crippen molar-refractivity contribution >= 4 is 11.8 Å². The van der Waals surface area contributed by atoms with E-state index in [1.54, 1.807) is 17.1 Å². The highest BCUT2D eigenvalue weighted by atomic mass is 16.2. The first kappa shape index (κ1) is 19.4. The molecule has 1 aliphatic rings. The van der Waals surface area contributed by atoms with Gasteiger partial charge in [0.05, 0.1) is 11.8 Å². The maximum Gasteiger partial charge on any atom is 0.255 e. The van der Waals surface area contributed by atoms with Gasteiger partial charge in [0.25, 0.3) is 5.91 Å². The molecule has 2 heterocycles. The van der Waals surface area contributed by atoms with E-state index in [0.717, 1.165) is 19.5 Å². The van der Waals surface area contributed by atoms with Crippen LogP contribution < -0.4 is 5.32 Å². The molecule has 1 aromatic rings. The molecule has 2 rings (SSSR count). The fraction of sp³-hybridized carbons (Fsp3) is 0.722. The Morgan fingerprint density at radius 1 is 1.40 bits per heavy atom. The molecule has 0 saturated carbocycles. The lowest BCUT2D eigenvalue weighted by atomic mass is 10.0. The highest BCUT2D eigenvalue weighted by molar-refractivity contribution is 5.97. The summed E-state index contributed by atoms with van der Waals surface area (Å²) in [7, 11) is 4.08. The zero-order chi connectivity index (χ0) is 18.6. The molecule has 1 saturated heterocycles. The third-order valence-electron chi connectivity index (χ3n) is 4.74. The molecule has 140 valence electrons. The van der Waals surface area contributed by atoms with E-state index in [9.17, 15) is 9.59 Å². The van der Waals surface area contributed by atoms with Crippen LogP contribution in [-0.4, -0.2) is 70.7 Å². The van der Waals surface area contributed by atoms with Crippen molar-refractivity contribution in [3.63, 3.8) is 0 Å². The first-order chi connectivity index (χ1) is 11.8. The lowest BCUT2D eigenvalue weighted by Gasteiger charge is -2.26. The van der Waals surface area contributed by atoms with Crippen LogP contribution in [-0.2, 0) is 11.3 Å². The Morgan fingerprint density at radius 3 is 2.64 bits per heavy atom. The summed E-state index contributed by atoms with van der Waals surface area (Å²) in [4.78, 5) is 29.5. The molecular formula is C18H31N5O2. The third-order valence-corrected chi connectivity index (χ3v) is 4.74. The number of nitrogens with zero attached hydrogens (tertiary/aromatic N) is 4. The van der Waals surface area contributed by atoms with Crippen molar-refractivity contribution in [2.24, 2.45) is 5.92 Å². The minimum atomic E-state index is -0.488. The Bertz CT molecular complexity index is 596. The lowest BCUT2D eigenvalue weighted by molar-refractivity contribution is -0.132. The van der Waals surface area contributed by atoms with Crippen molar-refractivity contribution in [2.75, 3.05) is 27.2 Å². The average Bonchev–Trinajstić information content (AvgIpc) is 3.22. The van der Waals surface area contributed by atoms with Crippen molar-refractivity contribution in [1.29, 1.82) is 0 Å². The number of likely N-dealkylation sites (N-methyl/N-ethyl adjacent to an activating group) is 1. The van der Waals surface area contributed by atoms with E-state index in [2.05, 4.69) is 29.2 Å². The molecule has 25 heavy (non-hydrogen) atoms. The van der Waals surface area contributed by atoms with Gasteiger partial charge in [0.2, 0.25) is 5.91 Å². The molecule has 7 nitrogen and oxygen atoms in total. The monoisotopic (exact) mass is 349 g/mol. The Kier molecular flexibility index (Phi) is 6.58. The highest BCUT2D eigenvalue weighted by Crippen LogP contribution is 2.17. The minimum absolute atomic E-state index is 0.0225. The van der Waals surface area contributed by atoms with Crippen LogP contribution in [0.4, 0.5) is 0 Å². The van der Waals surface area contributed by atoms with Gasteiger partial charge >= 0.3 is 0 Å². The molecular weight excluding hydrogens is 318 g/mol.